The van der Waals surface area contributed by atoms with Crippen LogP contribution >= 0.6 is 15.9 Å². The fourth-order valence-electron chi connectivity index (χ4n) is 1.78. The van der Waals surface area contributed by atoms with Crippen molar-refractivity contribution in [2.45, 2.75) is 18.4 Å². The van der Waals surface area contributed by atoms with Gasteiger partial charge in [-0.3, -0.25) is 4.72 Å². The quantitative estimate of drug-likeness (QED) is 0.864. The molecule has 2 aromatic carbocycles. The Kier molecular flexibility index (Phi) is 4.65. The third-order valence-corrected chi connectivity index (χ3v) is 5.18. The maximum atomic E-state index is 13.7. The number of nitrogens with one attached hydrogen (secondary N) is 1. The summed E-state index contributed by atoms with van der Waals surface area (Å²) in [7, 11) is -3.93. The summed E-state index contributed by atoms with van der Waals surface area (Å²) in [4.78, 5) is -0.0272. The fraction of sp³-hybridized carbons (Fsp3) is 0.143. The van der Waals surface area contributed by atoms with Gasteiger partial charge in [0.1, 0.15) is 10.7 Å². The van der Waals surface area contributed by atoms with Gasteiger partial charge in [0.15, 0.2) is 0 Å². The van der Waals surface area contributed by atoms with Crippen molar-refractivity contribution in [3.63, 3.8) is 0 Å². The Labute approximate surface area is 130 Å². The van der Waals surface area contributed by atoms with Gasteiger partial charge >= 0.3 is 0 Å². The Morgan fingerprint density at radius 2 is 1.95 bits per heavy atom. The Balaban J connectivity index is 2.41. The summed E-state index contributed by atoms with van der Waals surface area (Å²) in [5.41, 5.74) is 1.21. The Morgan fingerprint density at radius 3 is 2.57 bits per heavy atom. The van der Waals surface area contributed by atoms with Gasteiger partial charge in [-0.15, -0.1) is 0 Å². The Hall–Kier alpha value is -1.44. The monoisotopic (exact) mass is 373 g/mol. The molecule has 4 nitrogen and oxygen atoms in total. The van der Waals surface area contributed by atoms with E-state index in [1.807, 2.05) is 0 Å². The summed E-state index contributed by atoms with van der Waals surface area (Å²) in [5, 5.41) is 9.02. The number of aliphatic hydroxyl groups excluding tert-OH is 1. The van der Waals surface area contributed by atoms with E-state index in [0.717, 1.165) is 5.56 Å². The maximum absolute atomic E-state index is 13.7. The number of aliphatic hydroxyl groups is 1. The molecule has 0 saturated heterocycles. The SMILES string of the molecule is Cc1ccc(F)c(NS(=O)(=O)c2ccc(CO)cc2Br)c1. The van der Waals surface area contributed by atoms with Crippen molar-refractivity contribution in [1.82, 2.24) is 0 Å². The molecule has 0 saturated carbocycles. The maximum Gasteiger partial charge on any atom is 0.263 e. The van der Waals surface area contributed by atoms with Gasteiger partial charge in [0, 0.05) is 4.47 Å². The van der Waals surface area contributed by atoms with Crippen LogP contribution in [-0.4, -0.2) is 13.5 Å². The number of anilines is 1. The molecule has 0 spiro atoms. The largest absolute Gasteiger partial charge is 0.392 e. The predicted octanol–water partition coefficient (Wildman–Crippen LogP) is 3.19. The first kappa shape index (κ1) is 15.9. The van der Waals surface area contributed by atoms with Crippen LogP contribution < -0.4 is 4.72 Å². The molecule has 0 unspecified atom stereocenters. The zero-order valence-corrected chi connectivity index (χ0v) is 13.5. The standard InChI is InChI=1S/C14H13BrFNO3S/c1-9-2-4-12(16)13(6-9)17-21(19,20)14-5-3-10(8-18)7-11(14)15/h2-7,17-18H,8H2,1H3. The zero-order valence-electron chi connectivity index (χ0n) is 11.1. The normalized spacial score (nSPS) is 11.4. The van der Waals surface area contributed by atoms with Crippen LogP contribution in [0, 0.1) is 12.7 Å². The van der Waals surface area contributed by atoms with Crippen molar-refractivity contribution in [2.75, 3.05) is 4.72 Å². The van der Waals surface area contributed by atoms with Crippen molar-refractivity contribution in [3.05, 3.63) is 57.8 Å². The van der Waals surface area contributed by atoms with Crippen LogP contribution in [-0.2, 0) is 16.6 Å². The van der Waals surface area contributed by atoms with Gasteiger partial charge in [0.2, 0.25) is 0 Å². The first-order valence-corrected chi connectivity index (χ1v) is 8.29. The van der Waals surface area contributed by atoms with Crippen molar-refractivity contribution >= 4 is 31.6 Å². The van der Waals surface area contributed by atoms with Crippen LogP contribution in [0.4, 0.5) is 10.1 Å². The molecule has 0 fully saturated rings. The summed E-state index contributed by atoms with van der Waals surface area (Å²) in [5.74, 6) is -0.646. The lowest BCUT2D eigenvalue weighted by molar-refractivity contribution is 0.281. The van der Waals surface area contributed by atoms with E-state index in [2.05, 4.69) is 20.7 Å². The Morgan fingerprint density at radius 1 is 1.24 bits per heavy atom. The minimum Gasteiger partial charge on any atom is -0.392 e. The van der Waals surface area contributed by atoms with Gasteiger partial charge in [-0.25, -0.2) is 12.8 Å². The minimum absolute atomic E-state index is 0.0272. The first-order valence-electron chi connectivity index (χ1n) is 6.02. The van der Waals surface area contributed by atoms with E-state index in [4.69, 9.17) is 5.11 Å². The van der Waals surface area contributed by atoms with Gasteiger partial charge in [0.05, 0.1) is 12.3 Å². The molecule has 112 valence electrons. The Bertz CT molecular complexity index is 778. The van der Waals surface area contributed by atoms with E-state index in [9.17, 15) is 12.8 Å². The summed E-state index contributed by atoms with van der Waals surface area (Å²) in [6.45, 7) is 1.54. The molecule has 7 heteroatoms. The van der Waals surface area contributed by atoms with Crippen LogP contribution in [0.15, 0.2) is 45.8 Å². The highest BCUT2D eigenvalue weighted by atomic mass is 79.9. The van der Waals surface area contributed by atoms with E-state index in [0.29, 0.717) is 10.0 Å². The average molecular weight is 374 g/mol. The third-order valence-electron chi connectivity index (χ3n) is 2.83. The zero-order chi connectivity index (χ0) is 15.6. The van der Waals surface area contributed by atoms with E-state index >= 15 is 0 Å². The van der Waals surface area contributed by atoms with Gasteiger partial charge in [-0.1, -0.05) is 12.1 Å². The molecular weight excluding hydrogens is 361 g/mol. The van der Waals surface area contributed by atoms with Gasteiger partial charge in [0.25, 0.3) is 10.0 Å². The summed E-state index contributed by atoms with van der Waals surface area (Å²) in [6, 6.07) is 8.53. The lowest BCUT2D eigenvalue weighted by atomic mass is 10.2. The molecule has 0 aliphatic carbocycles. The van der Waals surface area contributed by atoms with Crippen LogP contribution in [0.3, 0.4) is 0 Å². The van der Waals surface area contributed by atoms with Crippen molar-refractivity contribution in [1.29, 1.82) is 0 Å². The van der Waals surface area contributed by atoms with E-state index < -0.39 is 15.8 Å². The molecule has 0 atom stereocenters. The topological polar surface area (TPSA) is 66.4 Å². The molecular formula is C14H13BrFNO3S. The van der Waals surface area contributed by atoms with Gasteiger partial charge in [-0.05, 0) is 58.2 Å². The third kappa shape index (κ3) is 3.61. The smallest absolute Gasteiger partial charge is 0.263 e. The highest BCUT2D eigenvalue weighted by molar-refractivity contribution is 9.10. The second-order valence-corrected chi connectivity index (χ2v) is 7.02. The average Bonchev–Trinajstić information content (AvgIpc) is 2.42. The van der Waals surface area contributed by atoms with E-state index in [1.54, 1.807) is 13.0 Å². The molecule has 0 aliphatic rings. The first-order chi connectivity index (χ1) is 9.83. The minimum atomic E-state index is -3.93. The summed E-state index contributed by atoms with van der Waals surface area (Å²) in [6.07, 6.45) is 0. The summed E-state index contributed by atoms with van der Waals surface area (Å²) >= 11 is 3.15. The number of rotatable bonds is 4. The number of aryl methyl sites for hydroxylation is 1. The van der Waals surface area contributed by atoms with Crippen LogP contribution in [0.2, 0.25) is 0 Å². The molecule has 0 bridgehead atoms. The second-order valence-electron chi connectivity index (χ2n) is 4.51. The molecule has 21 heavy (non-hydrogen) atoms. The molecule has 0 radical (unpaired) electrons. The summed E-state index contributed by atoms with van der Waals surface area (Å²) < 4.78 is 40.8. The van der Waals surface area contributed by atoms with Crippen LogP contribution in [0.25, 0.3) is 0 Å². The van der Waals surface area contributed by atoms with E-state index in [1.165, 1.54) is 30.3 Å². The van der Waals surface area contributed by atoms with Crippen molar-refractivity contribution in [3.8, 4) is 0 Å². The molecule has 0 amide bonds. The molecule has 2 rings (SSSR count). The van der Waals surface area contributed by atoms with Gasteiger partial charge in [-0.2, -0.15) is 0 Å². The number of hydrogen-bond donors (Lipinski definition) is 2. The van der Waals surface area contributed by atoms with Crippen LogP contribution in [0.1, 0.15) is 11.1 Å². The number of halogens is 2. The fourth-order valence-corrected chi connectivity index (χ4v) is 3.96. The van der Waals surface area contributed by atoms with Crippen molar-refractivity contribution in [2.24, 2.45) is 0 Å². The van der Waals surface area contributed by atoms with Crippen LogP contribution in [0.5, 0.6) is 0 Å². The lowest BCUT2D eigenvalue weighted by Crippen LogP contribution is -2.15. The number of benzene rings is 2. The van der Waals surface area contributed by atoms with E-state index in [-0.39, 0.29) is 17.2 Å². The van der Waals surface area contributed by atoms with Gasteiger partial charge < -0.3 is 5.11 Å². The number of sulfonamides is 1. The number of hydrogen-bond acceptors (Lipinski definition) is 3. The highest BCUT2D eigenvalue weighted by Gasteiger charge is 2.19. The second kappa shape index (κ2) is 6.13. The predicted molar refractivity (Wildman–Crippen MR) is 82.0 cm³/mol. The molecule has 0 aliphatic heterocycles. The lowest BCUT2D eigenvalue weighted by Gasteiger charge is -2.11. The molecule has 2 N–H and O–H groups in total. The highest BCUT2D eigenvalue weighted by Crippen LogP contribution is 2.26. The molecule has 0 heterocycles. The van der Waals surface area contributed by atoms with Crippen molar-refractivity contribution < 1.29 is 17.9 Å². The molecule has 0 aromatic heterocycles. The molecule has 2 aromatic rings.